The van der Waals surface area contributed by atoms with E-state index in [0.717, 1.165) is 47.2 Å². The maximum absolute atomic E-state index is 13.2. The van der Waals surface area contributed by atoms with Crippen molar-refractivity contribution in [3.63, 3.8) is 0 Å². The molecule has 1 saturated heterocycles. The van der Waals surface area contributed by atoms with Crippen LogP contribution in [0.2, 0.25) is 0 Å². The van der Waals surface area contributed by atoms with Gasteiger partial charge in [0.15, 0.2) is 0 Å². The molecule has 176 valence electrons. The van der Waals surface area contributed by atoms with Gasteiger partial charge in [-0.1, -0.05) is 23.5 Å². The van der Waals surface area contributed by atoms with Gasteiger partial charge < -0.3 is 10.2 Å². The Balaban J connectivity index is 1.18. The van der Waals surface area contributed by atoms with Gasteiger partial charge in [0.05, 0.1) is 17.8 Å². The fraction of sp³-hybridized carbons (Fsp3) is 0.320. The Morgan fingerprint density at radius 3 is 2.74 bits per heavy atom. The van der Waals surface area contributed by atoms with Gasteiger partial charge in [-0.3, -0.25) is 4.79 Å². The Hall–Kier alpha value is -2.91. The third kappa shape index (κ3) is 5.10. The zero-order chi connectivity index (χ0) is 23.5. The number of imidazole rings is 1. The first-order valence-corrected chi connectivity index (χ1v) is 13.4. The lowest BCUT2D eigenvalue weighted by Gasteiger charge is -2.31. The number of anilines is 1. The van der Waals surface area contributed by atoms with Crippen molar-refractivity contribution in [2.75, 3.05) is 30.8 Å². The van der Waals surface area contributed by atoms with Crippen molar-refractivity contribution in [1.82, 2.24) is 19.9 Å². The SMILES string of the molecule is CSc1ccc(CCNC(=O)C2CCCN(c3nn4cc(-c5ccc(F)cc5)nc4s3)C2)cc1. The molecule has 0 aliphatic carbocycles. The monoisotopic (exact) mass is 495 g/mol. The molecule has 3 heterocycles. The third-order valence-corrected chi connectivity index (χ3v) is 7.83. The van der Waals surface area contributed by atoms with E-state index >= 15 is 0 Å². The summed E-state index contributed by atoms with van der Waals surface area (Å²) in [5, 5.41) is 8.70. The zero-order valence-corrected chi connectivity index (χ0v) is 20.5. The van der Waals surface area contributed by atoms with Gasteiger partial charge >= 0.3 is 0 Å². The van der Waals surface area contributed by atoms with E-state index in [1.165, 1.54) is 33.9 Å². The van der Waals surface area contributed by atoms with Crippen molar-refractivity contribution in [1.29, 1.82) is 0 Å². The maximum atomic E-state index is 13.2. The highest BCUT2D eigenvalue weighted by atomic mass is 32.2. The lowest BCUT2D eigenvalue weighted by molar-refractivity contribution is -0.125. The summed E-state index contributed by atoms with van der Waals surface area (Å²) in [4.78, 5) is 21.7. The molecule has 1 fully saturated rings. The fourth-order valence-corrected chi connectivity index (χ4v) is 5.53. The number of nitrogens with zero attached hydrogens (tertiary/aromatic N) is 4. The first-order valence-electron chi connectivity index (χ1n) is 11.4. The average molecular weight is 496 g/mol. The van der Waals surface area contributed by atoms with Crippen LogP contribution in [0.3, 0.4) is 0 Å². The Kier molecular flexibility index (Phi) is 6.82. The van der Waals surface area contributed by atoms with E-state index in [0.29, 0.717) is 13.1 Å². The van der Waals surface area contributed by atoms with Gasteiger partial charge in [-0.25, -0.2) is 13.9 Å². The van der Waals surface area contributed by atoms with Gasteiger partial charge in [0, 0.05) is 30.1 Å². The van der Waals surface area contributed by atoms with Crippen LogP contribution < -0.4 is 10.2 Å². The number of aromatic nitrogens is 3. The number of nitrogens with one attached hydrogen (secondary N) is 1. The summed E-state index contributed by atoms with van der Waals surface area (Å²) in [5.74, 6) is -0.192. The van der Waals surface area contributed by atoms with Crippen LogP contribution in [0.5, 0.6) is 0 Å². The van der Waals surface area contributed by atoms with Crippen LogP contribution in [0, 0.1) is 11.7 Å². The van der Waals surface area contributed by atoms with E-state index in [4.69, 9.17) is 5.10 Å². The Bertz CT molecular complexity index is 1240. The average Bonchev–Trinajstić information content (AvgIpc) is 3.45. The number of thioether (sulfide) groups is 1. The van der Waals surface area contributed by atoms with Gasteiger partial charge in [-0.05, 0) is 67.5 Å². The molecule has 2 aromatic heterocycles. The number of fused-ring (bicyclic) bond motifs is 1. The molecule has 0 spiro atoms. The lowest BCUT2D eigenvalue weighted by Crippen LogP contribution is -2.43. The van der Waals surface area contributed by atoms with Gasteiger partial charge in [-0.2, -0.15) is 0 Å². The second-order valence-corrected chi connectivity index (χ2v) is 10.2. The zero-order valence-electron chi connectivity index (χ0n) is 18.9. The number of piperidine rings is 1. The molecule has 1 unspecified atom stereocenters. The van der Waals surface area contributed by atoms with Crippen LogP contribution in [-0.2, 0) is 11.2 Å². The van der Waals surface area contributed by atoms with Crippen molar-refractivity contribution in [2.24, 2.45) is 5.92 Å². The van der Waals surface area contributed by atoms with Crippen molar-refractivity contribution in [3.8, 4) is 11.3 Å². The Morgan fingerprint density at radius 1 is 1.21 bits per heavy atom. The third-order valence-electron chi connectivity index (χ3n) is 6.11. The highest BCUT2D eigenvalue weighted by molar-refractivity contribution is 7.98. The highest BCUT2D eigenvalue weighted by Crippen LogP contribution is 2.30. The molecule has 4 aromatic rings. The van der Waals surface area contributed by atoms with Crippen LogP contribution in [-0.4, -0.2) is 46.4 Å². The molecule has 1 N–H and O–H groups in total. The molecule has 0 saturated carbocycles. The van der Waals surface area contributed by atoms with Crippen LogP contribution in [0.1, 0.15) is 18.4 Å². The summed E-state index contributed by atoms with van der Waals surface area (Å²) in [6, 6.07) is 14.8. The minimum atomic E-state index is -0.265. The summed E-state index contributed by atoms with van der Waals surface area (Å²) in [5.41, 5.74) is 2.86. The summed E-state index contributed by atoms with van der Waals surface area (Å²) >= 11 is 3.24. The number of halogens is 1. The van der Waals surface area contributed by atoms with E-state index < -0.39 is 0 Å². The number of amides is 1. The molecular formula is C25H26FN5OS2. The van der Waals surface area contributed by atoms with Crippen molar-refractivity contribution < 1.29 is 9.18 Å². The number of hydrogen-bond acceptors (Lipinski definition) is 6. The Labute approximate surface area is 206 Å². The van der Waals surface area contributed by atoms with Crippen molar-refractivity contribution >= 4 is 39.1 Å². The number of benzene rings is 2. The van der Waals surface area contributed by atoms with E-state index in [1.54, 1.807) is 28.4 Å². The van der Waals surface area contributed by atoms with E-state index in [-0.39, 0.29) is 17.6 Å². The molecule has 34 heavy (non-hydrogen) atoms. The molecular weight excluding hydrogens is 469 g/mol. The molecule has 0 bridgehead atoms. The molecule has 9 heteroatoms. The first kappa shape index (κ1) is 22.9. The van der Waals surface area contributed by atoms with Gasteiger partial charge in [0.2, 0.25) is 16.0 Å². The molecule has 6 nitrogen and oxygen atoms in total. The first-order chi connectivity index (χ1) is 16.6. The molecule has 5 rings (SSSR count). The maximum Gasteiger partial charge on any atom is 0.224 e. The Morgan fingerprint density at radius 2 is 2.00 bits per heavy atom. The number of hydrogen-bond donors (Lipinski definition) is 1. The molecule has 1 aliphatic heterocycles. The van der Waals surface area contributed by atoms with E-state index in [1.807, 2.05) is 6.20 Å². The second-order valence-electron chi connectivity index (χ2n) is 8.42. The second kappa shape index (κ2) is 10.1. The topological polar surface area (TPSA) is 62.5 Å². The summed E-state index contributed by atoms with van der Waals surface area (Å²) in [7, 11) is 0. The predicted octanol–water partition coefficient (Wildman–Crippen LogP) is 4.89. The van der Waals surface area contributed by atoms with Gasteiger partial charge in [-0.15, -0.1) is 16.9 Å². The molecule has 1 atom stereocenters. The lowest BCUT2D eigenvalue weighted by atomic mass is 9.97. The highest BCUT2D eigenvalue weighted by Gasteiger charge is 2.27. The summed E-state index contributed by atoms with van der Waals surface area (Å²) < 4.78 is 15.0. The minimum Gasteiger partial charge on any atom is -0.355 e. The number of rotatable bonds is 7. The van der Waals surface area contributed by atoms with Gasteiger partial charge in [0.25, 0.3) is 0 Å². The number of carbonyl (C=O) groups is 1. The van der Waals surface area contributed by atoms with Crippen LogP contribution in [0.15, 0.2) is 59.6 Å². The smallest absolute Gasteiger partial charge is 0.224 e. The molecule has 0 radical (unpaired) electrons. The molecule has 1 aliphatic rings. The summed E-state index contributed by atoms with van der Waals surface area (Å²) in [6.07, 6.45) is 6.61. The predicted molar refractivity (Wildman–Crippen MR) is 136 cm³/mol. The minimum absolute atomic E-state index is 0.0429. The van der Waals surface area contributed by atoms with E-state index in [2.05, 4.69) is 45.7 Å². The number of carbonyl (C=O) groups excluding carboxylic acids is 1. The van der Waals surface area contributed by atoms with Crippen LogP contribution in [0.4, 0.5) is 9.52 Å². The molecule has 1 amide bonds. The fourth-order valence-electron chi connectivity index (χ4n) is 4.21. The standard InChI is InChI=1S/C25H26FN5OS2/c1-33-21-10-4-17(5-11-21)12-13-27-23(32)19-3-2-14-30(15-19)25-29-31-16-22(28-24(31)34-25)18-6-8-20(26)9-7-18/h4-11,16,19H,2-3,12-15H2,1H3,(H,27,32). The largest absolute Gasteiger partial charge is 0.355 e. The van der Waals surface area contributed by atoms with Crippen molar-refractivity contribution in [2.45, 2.75) is 24.2 Å². The van der Waals surface area contributed by atoms with E-state index in [9.17, 15) is 9.18 Å². The summed E-state index contributed by atoms with van der Waals surface area (Å²) in [6.45, 7) is 2.19. The van der Waals surface area contributed by atoms with Gasteiger partial charge in [0.1, 0.15) is 5.82 Å². The van der Waals surface area contributed by atoms with Crippen LogP contribution >= 0.6 is 23.1 Å². The normalized spacial score (nSPS) is 16.2. The van der Waals surface area contributed by atoms with Crippen molar-refractivity contribution in [3.05, 3.63) is 66.1 Å². The van der Waals surface area contributed by atoms with Crippen LogP contribution in [0.25, 0.3) is 16.2 Å². The molecule has 2 aromatic carbocycles. The quantitative estimate of drug-likeness (QED) is 0.370.